The average molecular weight is 419 g/mol. The molecule has 0 N–H and O–H groups in total. The van der Waals surface area contributed by atoms with Gasteiger partial charge in [0.25, 0.3) is 11.8 Å². The minimum absolute atomic E-state index is 0.00584. The van der Waals surface area contributed by atoms with Crippen molar-refractivity contribution in [3.8, 4) is 0 Å². The molecule has 2 heterocycles. The number of fused-ring (bicyclic) bond motifs is 1. The first-order chi connectivity index (χ1) is 15.0. The molecule has 1 aliphatic heterocycles. The van der Waals surface area contributed by atoms with Gasteiger partial charge in [-0.3, -0.25) is 14.5 Å². The molecule has 1 aromatic heterocycles. The predicted octanol–water partition coefficient (Wildman–Crippen LogP) is 3.22. The Morgan fingerprint density at radius 1 is 0.903 bits per heavy atom. The standard InChI is InChI=1S/C23H17NO7/c1-29-23(28)19-10-8-16(31-19)13-30-22(27)15-7-9-17-18(11-15)21(26)24(20(17)25)12-14-5-3-2-4-6-14/h2-11H,12-13H2,1H3. The van der Waals surface area contributed by atoms with Crippen molar-refractivity contribution in [2.45, 2.75) is 13.2 Å². The zero-order valence-electron chi connectivity index (χ0n) is 16.5. The van der Waals surface area contributed by atoms with Gasteiger partial charge in [-0.15, -0.1) is 0 Å². The van der Waals surface area contributed by atoms with Crippen LogP contribution < -0.4 is 0 Å². The Kier molecular flexibility index (Phi) is 5.36. The summed E-state index contributed by atoms with van der Waals surface area (Å²) in [6, 6.07) is 16.3. The SMILES string of the molecule is COC(=O)c1ccc(COC(=O)c2ccc3c(c2)C(=O)N(Cc2ccccc2)C3=O)o1. The van der Waals surface area contributed by atoms with Gasteiger partial charge >= 0.3 is 11.9 Å². The Hall–Kier alpha value is -4.20. The maximum atomic E-state index is 12.8. The summed E-state index contributed by atoms with van der Waals surface area (Å²) in [4.78, 5) is 50.3. The maximum absolute atomic E-state index is 12.8. The van der Waals surface area contributed by atoms with E-state index in [2.05, 4.69) is 4.74 Å². The Labute approximate surface area is 177 Å². The highest BCUT2D eigenvalue weighted by molar-refractivity contribution is 6.21. The molecule has 4 rings (SSSR count). The Balaban J connectivity index is 1.46. The first-order valence-corrected chi connectivity index (χ1v) is 9.36. The van der Waals surface area contributed by atoms with E-state index in [9.17, 15) is 19.2 Å². The molecule has 0 spiro atoms. The summed E-state index contributed by atoms with van der Waals surface area (Å²) < 4.78 is 15.0. The number of methoxy groups -OCH3 is 1. The van der Waals surface area contributed by atoms with E-state index in [1.165, 1.54) is 37.4 Å². The summed E-state index contributed by atoms with van der Waals surface area (Å²) in [5, 5.41) is 0. The molecule has 8 heteroatoms. The number of ether oxygens (including phenoxy) is 2. The van der Waals surface area contributed by atoms with Crippen molar-refractivity contribution in [3.63, 3.8) is 0 Å². The largest absolute Gasteiger partial charge is 0.463 e. The molecule has 2 amide bonds. The van der Waals surface area contributed by atoms with Gasteiger partial charge in [-0.25, -0.2) is 9.59 Å². The summed E-state index contributed by atoms with van der Waals surface area (Å²) in [5.41, 5.74) is 1.34. The van der Waals surface area contributed by atoms with Gasteiger partial charge in [0.1, 0.15) is 12.4 Å². The molecule has 0 fully saturated rings. The molecule has 31 heavy (non-hydrogen) atoms. The molecular weight excluding hydrogens is 402 g/mol. The molecule has 0 saturated carbocycles. The molecule has 0 saturated heterocycles. The van der Waals surface area contributed by atoms with E-state index in [0.717, 1.165) is 10.5 Å². The van der Waals surface area contributed by atoms with Crippen molar-refractivity contribution in [3.05, 3.63) is 94.4 Å². The van der Waals surface area contributed by atoms with Crippen LogP contribution in [-0.4, -0.2) is 35.8 Å². The van der Waals surface area contributed by atoms with Gasteiger partial charge in [-0.05, 0) is 35.9 Å². The number of hydrogen-bond donors (Lipinski definition) is 0. The molecule has 2 aromatic carbocycles. The number of benzene rings is 2. The third-order valence-electron chi connectivity index (χ3n) is 4.78. The van der Waals surface area contributed by atoms with E-state index in [4.69, 9.17) is 9.15 Å². The summed E-state index contributed by atoms with van der Waals surface area (Å²) >= 11 is 0. The van der Waals surface area contributed by atoms with Crippen molar-refractivity contribution < 1.29 is 33.1 Å². The van der Waals surface area contributed by atoms with Gasteiger partial charge in [-0.1, -0.05) is 30.3 Å². The van der Waals surface area contributed by atoms with Gasteiger partial charge in [0.05, 0.1) is 30.3 Å². The second-order valence-corrected chi connectivity index (χ2v) is 6.78. The fraction of sp³-hybridized carbons (Fsp3) is 0.130. The second kappa shape index (κ2) is 8.27. The van der Waals surface area contributed by atoms with Crippen molar-refractivity contribution in [1.82, 2.24) is 4.90 Å². The predicted molar refractivity (Wildman–Crippen MR) is 106 cm³/mol. The van der Waals surface area contributed by atoms with Crippen molar-refractivity contribution >= 4 is 23.8 Å². The van der Waals surface area contributed by atoms with Crippen molar-refractivity contribution in [1.29, 1.82) is 0 Å². The highest BCUT2D eigenvalue weighted by Gasteiger charge is 2.36. The highest BCUT2D eigenvalue weighted by atomic mass is 16.5. The molecule has 8 nitrogen and oxygen atoms in total. The van der Waals surface area contributed by atoms with Crippen LogP contribution in [0.2, 0.25) is 0 Å². The molecule has 0 unspecified atom stereocenters. The molecule has 1 aliphatic rings. The zero-order chi connectivity index (χ0) is 22.0. The Morgan fingerprint density at radius 2 is 1.65 bits per heavy atom. The zero-order valence-corrected chi connectivity index (χ0v) is 16.5. The van der Waals surface area contributed by atoms with Crippen LogP contribution in [0, 0.1) is 0 Å². The molecule has 3 aromatic rings. The summed E-state index contributed by atoms with van der Waals surface area (Å²) in [5.74, 6) is -1.95. The third-order valence-corrected chi connectivity index (χ3v) is 4.78. The lowest BCUT2D eigenvalue weighted by atomic mass is 10.1. The quantitative estimate of drug-likeness (QED) is 0.446. The minimum atomic E-state index is -0.694. The summed E-state index contributed by atoms with van der Waals surface area (Å²) in [6.45, 7) is -0.0616. The van der Waals surface area contributed by atoms with Crippen LogP contribution in [-0.2, 0) is 22.6 Å². The van der Waals surface area contributed by atoms with Crippen molar-refractivity contribution in [2.75, 3.05) is 7.11 Å². The fourth-order valence-corrected chi connectivity index (χ4v) is 3.21. The topological polar surface area (TPSA) is 103 Å². The molecule has 0 aliphatic carbocycles. The second-order valence-electron chi connectivity index (χ2n) is 6.78. The molecule has 0 bridgehead atoms. The number of esters is 2. The van der Waals surface area contributed by atoms with Crippen LogP contribution in [0.25, 0.3) is 0 Å². The van der Waals surface area contributed by atoms with Gasteiger partial charge in [-0.2, -0.15) is 0 Å². The van der Waals surface area contributed by atoms with Crippen LogP contribution in [0.5, 0.6) is 0 Å². The molecular formula is C23H17NO7. The Morgan fingerprint density at radius 3 is 2.39 bits per heavy atom. The van der Waals surface area contributed by atoms with Crippen LogP contribution >= 0.6 is 0 Å². The first-order valence-electron chi connectivity index (χ1n) is 9.36. The highest BCUT2D eigenvalue weighted by Crippen LogP contribution is 2.26. The number of nitrogens with zero attached hydrogens (tertiary/aromatic N) is 1. The fourth-order valence-electron chi connectivity index (χ4n) is 3.21. The minimum Gasteiger partial charge on any atom is -0.463 e. The Bertz CT molecular complexity index is 1180. The van der Waals surface area contributed by atoms with E-state index in [-0.39, 0.29) is 41.4 Å². The number of furan rings is 1. The number of amides is 2. The molecule has 156 valence electrons. The van der Waals surface area contributed by atoms with Gasteiger partial charge in [0.2, 0.25) is 5.76 Å². The van der Waals surface area contributed by atoms with E-state index in [1.54, 1.807) is 0 Å². The van der Waals surface area contributed by atoms with Gasteiger partial charge in [0, 0.05) is 0 Å². The van der Waals surface area contributed by atoms with Crippen LogP contribution in [0.3, 0.4) is 0 Å². The number of carbonyl (C=O) groups excluding carboxylic acids is 4. The number of hydrogen-bond acceptors (Lipinski definition) is 7. The molecule has 0 atom stereocenters. The van der Waals surface area contributed by atoms with E-state index < -0.39 is 23.8 Å². The smallest absolute Gasteiger partial charge is 0.373 e. The number of rotatable bonds is 6. The number of carbonyl (C=O) groups is 4. The molecule has 0 radical (unpaired) electrons. The lowest BCUT2D eigenvalue weighted by Gasteiger charge is -2.13. The average Bonchev–Trinajstić information content (AvgIpc) is 3.37. The maximum Gasteiger partial charge on any atom is 0.373 e. The lowest BCUT2D eigenvalue weighted by Crippen LogP contribution is -2.29. The number of imide groups is 1. The van der Waals surface area contributed by atoms with E-state index in [0.29, 0.717) is 0 Å². The van der Waals surface area contributed by atoms with Gasteiger partial charge < -0.3 is 13.9 Å². The van der Waals surface area contributed by atoms with E-state index >= 15 is 0 Å². The summed E-state index contributed by atoms with van der Waals surface area (Å²) in [6.07, 6.45) is 0. The monoisotopic (exact) mass is 419 g/mol. The van der Waals surface area contributed by atoms with E-state index in [1.807, 2.05) is 30.3 Å². The lowest BCUT2D eigenvalue weighted by molar-refractivity contribution is 0.0438. The van der Waals surface area contributed by atoms with Crippen LogP contribution in [0.15, 0.2) is 65.1 Å². The first kappa shape index (κ1) is 20.1. The van der Waals surface area contributed by atoms with Gasteiger partial charge in [0.15, 0.2) is 0 Å². The summed E-state index contributed by atoms with van der Waals surface area (Å²) in [7, 11) is 1.23. The van der Waals surface area contributed by atoms with Crippen molar-refractivity contribution in [2.24, 2.45) is 0 Å². The van der Waals surface area contributed by atoms with Crippen LogP contribution in [0.1, 0.15) is 53.0 Å². The third kappa shape index (κ3) is 3.95. The normalized spacial score (nSPS) is 12.6. The van der Waals surface area contributed by atoms with Crippen LogP contribution in [0.4, 0.5) is 0 Å².